The molecule has 0 spiro atoms. The van der Waals surface area contributed by atoms with Crippen LogP contribution in [0.25, 0.3) is 0 Å². The molecular weight excluding hydrogens is 331 g/mol. The van der Waals surface area contributed by atoms with Crippen molar-refractivity contribution in [2.45, 2.75) is 6.18 Å². The highest BCUT2D eigenvalue weighted by molar-refractivity contribution is 9.10. The Morgan fingerprint density at radius 2 is 1.83 bits per heavy atom. The van der Waals surface area contributed by atoms with Crippen LogP contribution in [0.3, 0.4) is 0 Å². The van der Waals surface area contributed by atoms with Crippen LogP contribution >= 0.6 is 15.9 Å². The van der Waals surface area contributed by atoms with E-state index >= 15 is 0 Å². The van der Waals surface area contributed by atoms with Gasteiger partial charge in [0, 0.05) is 39.9 Å². The Labute approximate surface area is 114 Å². The first kappa shape index (κ1) is 13.9. The molecule has 0 N–H and O–H groups in total. The summed E-state index contributed by atoms with van der Waals surface area (Å²) >= 11 is 3.26. The first-order valence-electron chi connectivity index (χ1n) is 5.34. The number of alkyl halides is 3. The predicted octanol–water partition coefficient (Wildman–Crippen LogP) is 3.04. The second kappa shape index (κ2) is 5.21. The fraction of sp³-hybridized carbons (Fsp3) is 0.455. The van der Waals surface area contributed by atoms with Gasteiger partial charge in [0.1, 0.15) is 0 Å². The SMILES string of the molecule is O=S1CCN(c2cc(C(F)(F)F)ccc2Br)CC1. The summed E-state index contributed by atoms with van der Waals surface area (Å²) < 4.78 is 49.8. The summed E-state index contributed by atoms with van der Waals surface area (Å²) in [5.41, 5.74) is -0.145. The van der Waals surface area contributed by atoms with Gasteiger partial charge in [-0.05, 0) is 34.1 Å². The Morgan fingerprint density at radius 3 is 2.39 bits per heavy atom. The number of nitrogens with zero attached hydrogens (tertiary/aromatic N) is 1. The molecule has 100 valence electrons. The van der Waals surface area contributed by atoms with Gasteiger partial charge in [-0.15, -0.1) is 0 Å². The monoisotopic (exact) mass is 341 g/mol. The fourth-order valence-corrected chi connectivity index (χ4v) is 3.36. The van der Waals surface area contributed by atoms with Gasteiger partial charge in [-0.3, -0.25) is 4.21 Å². The van der Waals surface area contributed by atoms with Crippen molar-refractivity contribution in [2.75, 3.05) is 29.5 Å². The molecule has 0 bridgehead atoms. The van der Waals surface area contributed by atoms with Crippen LogP contribution < -0.4 is 4.90 Å². The van der Waals surface area contributed by atoms with E-state index in [0.717, 1.165) is 12.1 Å². The van der Waals surface area contributed by atoms with Gasteiger partial charge in [0.25, 0.3) is 0 Å². The molecule has 2 rings (SSSR count). The Hall–Kier alpha value is -0.560. The summed E-state index contributed by atoms with van der Waals surface area (Å²) in [7, 11) is -0.843. The molecule has 0 unspecified atom stereocenters. The third-order valence-corrected chi connectivity index (χ3v) is 4.74. The van der Waals surface area contributed by atoms with Crippen molar-refractivity contribution in [1.29, 1.82) is 0 Å². The average molecular weight is 342 g/mol. The number of halogens is 4. The molecule has 0 amide bonds. The lowest BCUT2D eigenvalue weighted by atomic mass is 10.2. The number of benzene rings is 1. The molecule has 1 aliphatic rings. The molecule has 7 heteroatoms. The molecule has 1 saturated heterocycles. The average Bonchev–Trinajstić information content (AvgIpc) is 2.29. The van der Waals surface area contributed by atoms with E-state index in [0.29, 0.717) is 34.8 Å². The molecule has 1 aromatic rings. The minimum atomic E-state index is -4.34. The van der Waals surface area contributed by atoms with Gasteiger partial charge in [-0.2, -0.15) is 13.2 Å². The zero-order chi connectivity index (χ0) is 13.3. The summed E-state index contributed by atoms with van der Waals surface area (Å²) in [6, 6.07) is 3.59. The maximum absolute atomic E-state index is 12.6. The molecule has 1 aliphatic heterocycles. The zero-order valence-electron chi connectivity index (χ0n) is 9.34. The molecule has 18 heavy (non-hydrogen) atoms. The Morgan fingerprint density at radius 1 is 1.22 bits per heavy atom. The van der Waals surface area contributed by atoms with Crippen molar-refractivity contribution < 1.29 is 17.4 Å². The van der Waals surface area contributed by atoms with Crippen LogP contribution in [0.1, 0.15) is 5.56 Å². The first-order chi connectivity index (χ1) is 8.38. The molecular formula is C11H11BrF3NOS. The van der Waals surface area contributed by atoms with Crippen LogP contribution in [0.4, 0.5) is 18.9 Å². The van der Waals surface area contributed by atoms with Gasteiger partial charge < -0.3 is 4.90 Å². The highest BCUT2D eigenvalue weighted by Gasteiger charge is 2.31. The van der Waals surface area contributed by atoms with Crippen LogP contribution in [0.5, 0.6) is 0 Å². The predicted molar refractivity (Wildman–Crippen MR) is 69.2 cm³/mol. The third-order valence-electron chi connectivity index (χ3n) is 2.79. The van der Waals surface area contributed by atoms with Gasteiger partial charge in [-0.25, -0.2) is 0 Å². The summed E-state index contributed by atoms with van der Waals surface area (Å²) in [4.78, 5) is 1.83. The van der Waals surface area contributed by atoms with Crippen molar-refractivity contribution in [2.24, 2.45) is 0 Å². The number of hydrogen-bond donors (Lipinski definition) is 0. The minimum Gasteiger partial charge on any atom is -0.369 e. The van der Waals surface area contributed by atoms with Gasteiger partial charge in [0.05, 0.1) is 11.3 Å². The normalized spacial score (nSPS) is 18.1. The lowest BCUT2D eigenvalue weighted by molar-refractivity contribution is -0.137. The van der Waals surface area contributed by atoms with Crippen LogP contribution in [0.15, 0.2) is 22.7 Å². The van der Waals surface area contributed by atoms with E-state index in [1.807, 2.05) is 4.90 Å². The smallest absolute Gasteiger partial charge is 0.369 e. The fourth-order valence-electron chi connectivity index (χ4n) is 1.81. The number of anilines is 1. The standard InChI is InChI=1S/C11H11BrF3NOS/c12-9-2-1-8(11(13,14)15)7-10(9)16-3-5-18(17)6-4-16/h1-2,7H,3-6H2. The van der Waals surface area contributed by atoms with E-state index in [4.69, 9.17) is 0 Å². The highest BCUT2D eigenvalue weighted by Crippen LogP contribution is 2.35. The minimum absolute atomic E-state index is 0.503. The lowest BCUT2D eigenvalue weighted by Gasteiger charge is -2.29. The van der Waals surface area contributed by atoms with Gasteiger partial charge in [-0.1, -0.05) is 0 Å². The van der Waals surface area contributed by atoms with E-state index in [2.05, 4.69) is 15.9 Å². The van der Waals surface area contributed by atoms with Crippen molar-refractivity contribution in [3.8, 4) is 0 Å². The van der Waals surface area contributed by atoms with Crippen molar-refractivity contribution in [3.05, 3.63) is 28.2 Å². The molecule has 1 aromatic carbocycles. The van der Waals surface area contributed by atoms with Crippen molar-refractivity contribution in [3.63, 3.8) is 0 Å². The van der Waals surface area contributed by atoms with Crippen LogP contribution in [-0.2, 0) is 17.0 Å². The highest BCUT2D eigenvalue weighted by atomic mass is 79.9. The largest absolute Gasteiger partial charge is 0.416 e. The summed E-state index contributed by atoms with van der Waals surface area (Å²) in [6.45, 7) is 1.04. The molecule has 2 nitrogen and oxygen atoms in total. The second-order valence-corrected chi connectivity index (χ2v) is 6.55. The number of hydrogen-bond acceptors (Lipinski definition) is 2. The Bertz CT molecular complexity index is 468. The lowest BCUT2D eigenvalue weighted by Crippen LogP contribution is -2.38. The quantitative estimate of drug-likeness (QED) is 0.782. The van der Waals surface area contributed by atoms with Crippen molar-refractivity contribution in [1.82, 2.24) is 0 Å². The van der Waals surface area contributed by atoms with Gasteiger partial charge >= 0.3 is 6.18 Å². The van der Waals surface area contributed by atoms with E-state index in [1.54, 1.807) is 0 Å². The topological polar surface area (TPSA) is 20.3 Å². The maximum Gasteiger partial charge on any atom is 0.416 e. The van der Waals surface area contributed by atoms with E-state index in [-0.39, 0.29) is 0 Å². The molecule has 1 heterocycles. The van der Waals surface area contributed by atoms with Gasteiger partial charge in [0.15, 0.2) is 0 Å². The van der Waals surface area contributed by atoms with E-state index in [9.17, 15) is 17.4 Å². The van der Waals surface area contributed by atoms with E-state index < -0.39 is 22.5 Å². The van der Waals surface area contributed by atoms with Crippen molar-refractivity contribution >= 4 is 32.4 Å². The van der Waals surface area contributed by atoms with Gasteiger partial charge in [0.2, 0.25) is 0 Å². The zero-order valence-corrected chi connectivity index (χ0v) is 11.7. The second-order valence-electron chi connectivity index (χ2n) is 4.00. The molecule has 1 fully saturated rings. The molecule has 0 saturated carbocycles. The maximum atomic E-state index is 12.6. The molecule has 0 radical (unpaired) electrons. The van der Waals surface area contributed by atoms with Crippen LogP contribution in [-0.4, -0.2) is 28.8 Å². The van der Waals surface area contributed by atoms with Crippen LogP contribution in [0, 0.1) is 0 Å². The molecule has 0 atom stereocenters. The first-order valence-corrected chi connectivity index (χ1v) is 7.63. The summed E-state index contributed by atoms with van der Waals surface area (Å²) in [5, 5.41) is 0. The third kappa shape index (κ3) is 3.06. The van der Waals surface area contributed by atoms with Crippen LogP contribution in [0.2, 0.25) is 0 Å². The summed E-state index contributed by atoms with van der Waals surface area (Å²) in [6.07, 6.45) is -4.34. The molecule has 0 aliphatic carbocycles. The summed E-state index contributed by atoms with van der Waals surface area (Å²) in [5.74, 6) is 1.01. The number of rotatable bonds is 1. The van der Waals surface area contributed by atoms with E-state index in [1.165, 1.54) is 6.07 Å². The Balaban J connectivity index is 2.29. The Kier molecular flexibility index (Phi) is 4.01. The molecule has 0 aromatic heterocycles.